The number of amides is 1. The highest BCUT2D eigenvalue weighted by Crippen LogP contribution is 2.32. The van der Waals surface area contributed by atoms with Gasteiger partial charge in [0.25, 0.3) is 0 Å². The SMILES string of the molecule is CC(C)[C@@H](N)C(=O)N1c2ccccc2CC1C(=O)O. The molecular formula is C14H18N2O3. The number of rotatable bonds is 3. The summed E-state index contributed by atoms with van der Waals surface area (Å²) in [4.78, 5) is 25.1. The number of carbonyl (C=O) groups excluding carboxylic acids is 1. The molecule has 2 atom stereocenters. The van der Waals surface area contributed by atoms with Gasteiger partial charge in [0.15, 0.2) is 0 Å². The summed E-state index contributed by atoms with van der Waals surface area (Å²) in [6.45, 7) is 3.70. The largest absolute Gasteiger partial charge is 0.480 e. The van der Waals surface area contributed by atoms with E-state index in [1.165, 1.54) is 4.90 Å². The number of para-hydroxylation sites is 1. The molecule has 3 N–H and O–H groups in total. The number of benzene rings is 1. The number of anilines is 1. The molecule has 0 fully saturated rings. The first kappa shape index (κ1) is 13.5. The van der Waals surface area contributed by atoms with Gasteiger partial charge in [-0.25, -0.2) is 4.79 Å². The molecule has 0 spiro atoms. The summed E-state index contributed by atoms with van der Waals surface area (Å²) in [5.74, 6) is -1.36. The van der Waals surface area contributed by atoms with Gasteiger partial charge in [-0.2, -0.15) is 0 Å². The number of nitrogens with zero attached hydrogens (tertiary/aromatic N) is 1. The van der Waals surface area contributed by atoms with Crippen LogP contribution in [0.2, 0.25) is 0 Å². The molecule has 1 aliphatic rings. The Hall–Kier alpha value is -1.88. The molecule has 102 valence electrons. The lowest BCUT2D eigenvalue weighted by atomic mass is 10.0. The van der Waals surface area contributed by atoms with Gasteiger partial charge in [-0.1, -0.05) is 32.0 Å². The standard InChI is InChI=1S/C14H18N2O3/c1-8(2)12(15)13(17)16-10-6-4-3-5-9(10)7-11(16)14(18)19/h3-6,8,11-12H,7,15H2,1-2H3,(H,18,19)/t11?,12-/m1/s1. The molecule has 1 amide bonds. The van der Waals surface area contributed by atoms with E-state index in [2.05, 4.69) is 0 Å². The fourth-order valence-electron chi connectivity index (χ4n) is 2.30. The second kappa shape index (κ2) is 5.01. The van der Waals surface area contributed by atoms with E-state index in [0.29, 0.717) is 12.1 Å². The van der Waals surface area contributed by atoms with E-state index in [4.69, 9.17) is 5.73 Å². The number of aliphatic carboxylic acids is 1. The first-order valence-electron chi connectivity index (χ1n) is 6.33. The van der Waals surface area contributed by atoms with Crippen LogP contribution in [0.5, 0.6) is 0 Å². The molecule has 0 saturated carbocycles. The number of fused-ring (bicyclic) bond motifs is 1. The van der Waals surface area contributed by atoms with Crippen molar-refractivity contribution in [3.8, 4) is 0 Å². The van der Waals surface area contributed by atoms with Gasteiger partial charge >= 0.3 is 5.97 Å². The minimum Gasteiger partial charge on any atom is -0.480 e. The molecule has 0 saturated heterocycles. The van der Waals surface area contributed by atoms with E-state index in [9.17, 15) is 14.7 Å². The van der Waals surface area contributed by atoms with Crippen LogP contribution in [0.25, 0.3) is 0 Å². The normalized spacial score (nSPS) is 19.4. The maximum Gasteiger partial charge on any atom is 0.327 e. The lowest BCUT2D eigenvalue weighted by Crippen LogP contribution is -2.51. The van der Waals surface area contributed by atoms with Crippen molar-refractivity contribution in [3.05, 3.63) is 29.8 Å². The Balaban J connectivity index is 2.39. The summed E-state index contributed by atoms with van der Waals surface area (Å²) < 4.78 is 0. The minimum atomic E-state index is -1.000. The van der Waals surface area contributed by atoms with Gasteiger partial charge in [0.05, 0.1) is 6.04 Å². The first-order valence-corrected chi connectivity index (χ1v) is 6.33. The highest BCUT2D eigenvalue weighted by Gasteiger charge is 2.40. The highest BCUT2D eigenvalue weighted by molar-refractivity contribution is 6.04. The number of carbonyl (C=O) groups is 2. The predicted octanol–water partition coefficient (Wildman–Crippen LogP) is 1.01. The maximum absolute atomic E-state index is 12.4. The summed E-state index contributed by atoms with van der Waals surface area (Å²) in [5, 5.41) is 9.29. The fraction of sp³-hybridized carbons (Fsp3) is 0.429. The Morgan fingerprint density at radius 3 is 2.58 bits per heavy atom. The second-order valence-electron chi connectivity index (χ2n) is 5.16. The Morgan fingerprint density at radius 1 is 1.37 bits per heavy atom. The van der Waals surface area contributed by atoms with Crippen molar-refractivity contribution < 1.29 is 14.7 Å². The van der Waals surface area contributed by atoms with Crippen LogP contribution in [0.3, 0.4) is 0 Å². The summed E-state index contributed by atoms with van der Waals surface area (Å²) in [7, 11) is 0. The number of carboxylic acid groups (broad SMARTS) is 1. The zero-order valence-corrected chi connectivity index (χ0v) is 11.0. The molecule has 5 nitrogen and oxygen atoms in total. The molecule has 1 aliphatic heterocycles. The van der Waals surface area contributed by atoms with Gasteiger partial charge in [-0.3, -0.25) is 9.69 Å². The third-order valence-corrected chi connectivity index (χ3v) is 3.50. The third-order valence-electron chi connectivity index (χ3n) is 3.50. The van der Waals surface area contributed by atoms with E-state index in [1.807, 2.05) is 26.0 Å². The van der Waals surface area contributed by atoms with Crippen molar-refractivity contribution in [3.63, 3.8) is 0 Å². The maximum atomic E-state index is 12.4. The average molecular weight is 262 g/mol. The van der Waals surface area contributed by atoms with Gasteiger partial charge in [0.1, 0.15) is 6.04 Å². The summed E-state index contributed by atoms with van der Waals surface area (Å²) in [5.41, 5.74) is 7.41. The molecular weight excluding hydrogens is 244 g/mol. The number of carboxylic acids is 1. The summed E-state index contributed by atoms with van der Waals surface area (Å²) in [6, 6.07) is 5.71. The molecule has 0 radical (unpaired) electrons. The van der Waals surface area contributed by atoms with Crippen molar-refractivity contribution in [1.29, 1.82) is 0 Å². The van der Waals surface area contributed by atoms with Crippen LogP contribution in [0.4, 0.5) is 5.69 Å². The quantitative estimate of drug-likeness (QED) is 0.851. The third kappa shape index (κ3) is 2.33. The van der Waals surface area contributed by atoms with E-state index >= 15 is 0 Å². The molecule has 0 aromatic heterocycles. The predicted molar refractivity (Wildman–Crippen MR) is 71.9 cm³/mol. The van der Waals surface area contributed by atoms with Crippen LogP contribution in [0, 0.1) is 5.92 Å². The zero-order valence-electron chi connectivity index (χ0n) is 11.0. The van der Waals surface area contributed by atoms with Crippen molar-refractivity contribution in [1.82, 2.24) is 0 Å². The number of hydrogen-bond donors (Lipinski definition) is 2. The molecule has 0 aliphatic carbocycles. The van der Waals surface area contributed by atoms with Gasteiger partial charge in [0, 0.05) is 12.1 Å². The van der Waals surface area contributed by atoms with Crippen LogP contribution in [0.15, 0.2) is 24.3 Å². The summed E-state index contributed by atoms with van der Waals surface area (Å²) in [6.07, 6.45) is 0.335. The molecule has 1 aromatic carbocycles. The minimum absolute atomic E-state index is 0.0327. The van der Waals surface area contributed by atoms with Crippen LogP contribution in [0.1, 0.15) is 19.4 Å². The first-order chi connectivity index (χ1) is 8.93. The average Bonchev–Trinajstić information content (AvgIpc) is 2.76. The smallest absolute Gasteiger partial charge is 0.327 e. The van der Waals surface area contributed by atoms with Gasteiger partial charge in [-0.15, -0.1) is 0 Å². The van der Waals surface area contributed by atoms with Crippen LogP contribution in [-0.4, -0.2) is 29.1 Å². The molecule has 1 heterocycles. The number of hydrogen-bond acceptors (Lipinski definition) is 3. The lowest BCUT2D eigenvalue weighted by Gasteiger charge is -2.27. The Bertz CT molecular complexity index is 513. The van der Waals surface area contributed by atoms with Crippen molar-refractivity contribution in [2.45, 2.75) is 32.4 Å². The van der Waals surface area contributed by atoms with Crippen molar-refractivity contribution >= 4 is 17.6 Å². The molecule has 1 aromatic rings. The second-order valence-corrected chi connectivity index (χ2v) is 5.16. The van der Waals surface area contributed by atoms with Gasteiger partial charge in [-0.05, 0) is 17.5 Å². The molecule has 0 bridgehead atoms. The molecule has 5 heteroatoms. The monoisotopic (exact) mass is 262 g/mol. The summed E-state index contributed by atoms with van der Waals surface area (Å²) >= 11 is 0. The highest BCUT2D eigenvalue weighted by atomic mass is 16.4. The van der Waals surface area contributed by atoms with Gasteiger partial charge in [0.2, 0.25) is 5.91 Å². The molecule has 19 heavy (non-hydrogen) atoms. The van der Waals surface area contributed by atoms with Crippen molar-refractivity contribution in [2.24, 2.45) is 11.7 Å². The molecule has 2 rings (SSSR count). The van der Waals surface area contributed by atoms with Crippen LogP contribution < -0.4 is 10.6 Å². The van der Waals surface area contributed by atoms with E-state index in [0.717, 1.165) is 5.56 Å². The van der Waals surface area contributed by atoms with E-state index < -0.39 is 18.1 Å². The van der Waals surface area contributed by atoms with Crippen molar-refractivity contribution in [2.75, 3.05) is 4.90 Å². The van der Waals surface area contributed by atoms with Gasteiger partial charge < -0.3 is 10.8 Å². The number of nitrogens with two attached hydrogens (primary N) is 1. The Morgan fingerprint density at radius 2 is 2.00 bits per heavy atom. The lowest BCUT2D eigenvalue weighted by molar-refractivity contribution is -0.140. The fourth-order valence-corrected chi connectivity index (χ4v) is 2.30. The van der Waals surface area contributed by atoms with Crippen LogP contribution in [-0.2, 0) is 16.0 Å². The van der Waals surface area contributed by atoms with E-state index in [1.54, 1.807) is 12.1 Å². The molecule has 1 unspecified atom stereocenters. The Kier molecular flexibility index (Phi) is 3.57. The zero-order chi connectivity index (χ0) is 14.2. The topological polar surface area (TPSA) is 83.6 Å². The Labute approximate surface area is 112 Å². The van der Waals surface area contributed by atoms with E-state index in [-0.39, 0.29) is 11.8 Å². The van der Waals surface area contributed by atoms with Crippen LogP contribution >= 0.6 is 0 Å².